The Morgan fingerprint density at radius 1 is 0.962 bits per heavy atom. The van der Waals surface area contributed by atoms with Crippen molar-refractivity contribution in [1.82, 2.24) is 0 Å². The molecule has 6 heteroatoms. The molecule has 3 aromatic rings. The zero-order chi connectivity index (χ0) is 18.4. The summed E-state index contributed by atoms with van der Waals surface area (Å²) < 4.78 is 5.39. The van der Waals surface area contributed by atoms with Crippen LogP contribution in [0.25, 0.3) is 0 Å². The molecule has 0 saturated carbocycles. The smallest absolute Gasteiger partial charge is 0.291 e. The molecule has 0 fully saturated rings. The number of carbonyl (C=O) groups is 2. The zero-order valence-electron chi connectivity index (χ0n) is 14.2. The van der Waals surface area contributed by atoms with E-state index < -0.39 is 0 Å². The number of benzene rings is 2. The van der Waals surface area contributed by atoms with Gasteiger partial charge in [-0.05, 0) is 36.4 Å². The van der Waals surface area contributed by atoms with Crippen molar-refractivity contribution in [2.45, 2.75) is 17.6 Å². The third-order valence-corrected chi connectivity index (χ3v) is 4.59. The largest absolute Gasteiger partial charge is 0.459 e. The topological polar surface area (TPSA) is 71.3 Å². The highest BCUT2D eigenvalue weighted by atomic mass is 32.2. The molecule has 2 N–H and O–H groups in total. The van der Waals surface area contributed by atoms with Crippen molar-refractivity contribution in [1.29, 1.82) is 0 Å². The minimum Gasteiger partial charge on any atom is -0.459 e. The number of hydrogen-bond donors (Lipinski definition) is 2. The quantitative estimate of drug-likeness (QED) is 0.616. The fourth-order valence-corrected chi connectivity index (χ4v) is 3.29. The highest BCUT2D eigenvalue weighted by Gasteiger charge is 2.16. The Balaban J connectivity index is 1.67. The molecule has 2 aromatic carbocycles. The molecular weight excluding hydrogens is 348 g/mol. The molecule has 0 aliphatic rings. The van der Waals surface area contributed by atoms with Crippen molar-refractivity contribution in [2.24, 2.45) is 0 Å². The van der Waals surface area contributed by atoms with Gasteiger partial charge in [0, 0.05) is 34.5 Å². The second kappa shape index (κ2) is 8.40. The Bertz CT molecular complexity index is 906. The normalized spacial score (nSPS) is 10.3. The number of carbonyl (C=O) groups excluding carboxylic acids is 2. The van der Waals surface area contributed by atoms with Crippen LogP contribution in [0, 0.1) is 0 Å². The zero-order valence-corrected chi connectivity index (χ0v) is 15.0. The van der Waals surface area contributed by atoms with Crippen molar-refractivity contribution in [3.8, 4) is 0 Å². The maximum atomic E-state index is 12.5. The summed E-state index contributed by atoms with van der Waals surface area (Å²) in [7, 11) is 0. The number of thioether (sulfide) groups is 1. The third-order valence-electron chi connectivity index (χ3n) is 3.53. The lowest BCUT2D eigenvalue weighted by Crippen LogP contribution is -2.13. The molecule has 1 heterocycles. The van der Waals surface area contributed by atoms with Crippen molar-refractivity contribution in [2.75, 3.05) is 10.6 Å². The lowest BCUT2D eigenvalue weighted by atomic mass is 10.2. The van der Waals surface area contributed by atoms with E-state index in [4.69, 9.17) is 4.42 Å². The predicted octanol–water partition coefficient (Wildman–Crippen LogP) is 4.78. The van der Waals surface area contributed by atoms with Crippen LogP contribution >= 0.6 is 11.8 Å². The summed E-state index contributed by atoms with van der Waals surface area (Å²) in [6, 6.07) is 18.7. The first kappa shape index (κ1) is 17.8. The fraction of sp³-hybridized carbons (Fsp3) is 0.100. The maximum absolute atomic E-state index is 12.5. The first-order valence-corrected chi connectivity index (χ1v) is 9.03. The molecule has 0 saturated heterocycles. The first-order chi connectivity index (χ1) is 12.6. The van der Waals surface area contributed by atoms with E-state index in [1.165, 1.54) is 13.2 Å². The van der Waals surface area contributed by atoms with Gasteiger partial charge in [0.1, 0.15) is 0 Å². The van der Waals surface area contributed by atoms with Gasteiger partial charge < -0.3 is 15.1 Å². The van der Waals surface area contributed by atoms with Gasteiger partial charge in [-0.15, -0.1) is 11.8 Å². The maximum Gasteiger partial charge on any atom is 0.291 e. The summed E-state index contributed by atoms with van der Waals surface area (Å²) in [5.74, 6) is 0.437. The van der Waals surface area contributed by atoms with Crippen LogP contribution in [0.2, 0.25) is 0 Å². The molecule has 132 valence electrons. The SMILES string of the molecule is CC(=O)Nc1cccc(NC(=O)c2occc2CSc2ccccc2)c1. The second-order valence-corrected chi connectivity index (χ2v) is 6.64. The minimum atomic E-state index is -0.321. The standard InChI is InChI=1S/C20H18N2O3S/c1-14(23)21-16-6-5-7-17(12-16)22-20(24)19-15(10-11-25-19)13-26-18-8-3-2-4-9-18/h2-12H,13H2,1H3,(H,21,23)(H,22,24). The summed E-state index contributed by atoms with van der Waals surface area (Å²) >= 11 is 1.64. The summed E-state index contributed by atoms with van der Waals surface area (Å²) in [6.45, 7) is 1.44. The van der Waals surface area contributed by atoms with Crippen molar-refractivity contribution in [3.05, 3.63) is 78.3 Å². The number of rotatable bonds is 6. The van der Waals surface area contributed by atoms with Gasteiger partial charge in [0.25, 0.3) is 5.91 Å². The van der Waals surface area contributed by atoms with Crippen LogP contribution in [0.5, 0.6) is 0 Å². The predicted molar refractivity (Wildman–Crippen MR) is 103 cm³/mol. The van der Waals surface area contributed by atoms with Gasteiger partial charge in [-0.25, -0.2) is 0 Å². The molecule has 1 aromatic heterocycles. The average molecular weight is 366 g/mol. The molecule has 26 heavy (non-hydrogen) atoms. The molecule has 0 radical (unpaired) electrons. The van der Waals surface area contributed by atoms with Crippen molar-refractivity contribution < 1.29 is 14.0 Å². The lowest BCUT2D eigenvalue weighted by molar-refractivity contribution is -0.114. The average Bonchev–Trinajstić information content (AvgIpc) is 3.09. The number of nitrogens with one attached hydrogen (secondary N) is 2. The number of furan rings is 1. The van der Waals surface area contributed by atoms with Crippen LogP contribution in [0.15, 0.2) is 76.2 Å². The van der Waals surface area contributed by atoms with E-state index in [2.05, 4.69) is 10.6 Å². The highest BCUT2D eigenvalue weighted by molar-refractivity contribution is 7.98. The Morgan fingerprint density at radius 3 is 2.42 bits per heavy atom. The molecule has 0 atom stereocenters. The van der Waals surface area contributed by atoms with E-state index in [9.17, 15) is 9.59 Å². The summed E-state index contributed by atoms with van der Waals surface area (Å²) in [4.78, 5) is 24.8. The molecule has 5 nitrogen and oxygen atoms in total. The van der Waals surface area contributed by atoms with E-state index >= 15 is 0 Å². The van der Waals surface area contributed by atoms with Crippen LogP contribution < -0.4 is 10.6 Å². The van der Waals surface area contributed by atoms with Gasteiger partial charge in [-0.2, -0.15) is 0 Å². The molecule has 0 aliphatic carbocycles. The highest BCUT2D eigenvalue weighted by Crippen LogP contribution is 2.25. The van der Waals surface area contributed by atoms with Gasteiger partial charge in [-0.1, -0.05) is 24.3 Å². The van der Waals surface area contributed by atoms with Gasteiger partial charge in [-0.3, -0.25) is 9.59 Å². The van der Waals surface area contributed by atoms with Crippen molar-refractivity contribution in [3.63, 3.8) is 0 Å². The monoisotopic (exact) mass is 366 g/mol. The summed E-state index contributed by atoms with van der Waals surface area (Å²) in [5, 5.41) is 5.49. The van der Waals surface area contributed by atoms with Crippen molar-refractivity contribution >= 4 is 35.0 Å². The summed E-state index contributed by atoms with van der Waals surface area (Å²) in [6.07, 6.45) is 1.52. The molecule has 0 aliphatic heterocycles. The van der Waals surface area contributed by atoms with Crippen LogP contribution in [0.3, 0.4) is 0 Å². The third kappa shape index (κ3) is 4.77. The van der Waals surface area contributed by atoms with Crippen LogP contribution in [0.4, 0.5) is 11.4 Å². The van der Waals surface area contributed by atoms with E-state index in [-0.39, 0.29) is 11.8 Å². The van der Waals surface area contributed by atoms with E-state index in [0.717, 1.165) is 10.5 Å². The minimum absolute atomic E-state index is 0.167. The summed E-state index contributed by atoms with van der Waals surface area (Å²) in [5.41, 5.74) is 2.03. The Hall–Kier alpha value is -2.99. The molecule has 0 spiro atoms. The molecular formula is C20H18N2O3S. The Labute approximate surface area is 155 Å². The van der Waals surface area contributed by atoms with E-state index in [1.54, 1.807) is 42.1 Å². The number of hydrogen-bond acceptors (Lipinski definition) is 4. The van der Waals surface area contributed by atoms with E-state index in [0.29, 0.717) is 22.9 Å². The Morgan fingerprint density at radius 2 is 1.69 bits per heavy atom. The van der Waals surface area contributed by atoms with Crippen LogP contribution in [-0.4, -0.2) is 11.8 Å². The number of anilines is 2. The fourth-order valence-electron chi connectivity index (χ4n) is 2.39. The van der Waals surface area contributed by atoms with Gasteiger partial charge in [0.05, 0.1) is 6.26 Å². The second-order valence-electron chi connectivity index (χ2n) is 5.59. The Kier molecular flexibility index (Phi) is 5.76. The number of amides is 2. The molecule has 3 rings (SSSR count). The van der Waals surface area contributed by atoms with Crippen LogP contribution in [-0.2, 0) is 10.5 Å². The van der Waals surface area contributed by atoms with Gasteiger partial charge >= 0.3 is 0 Å². The van der Waals surface area contributed by atoms with Gasteiger partial charge in [0.15, 0.2) is 5.76 Å². The molecule has 2 amide bonds. The first-order valence-electron chi connectivity index (χ1n) is 8.05. The lowest BCUT2D eigenvalue weighted by Gasteiger charge is -2.08. The van der Waals surface area contributed by atoms with Crippen LogP contribution in [0.1, 0.15) is 23.0 Å². The van der Waals surface area contributed by atoms with Gasteiger partial charge in [0.2, 0.25) is 5.91 Å². The molecule has 0 bridgehead atoms. The molecule has 0 unspecified atom stereocenters. The van der Waals surface area contributed by atoms with E-state index in [1.807, 2.05) is 30.3 Å².